The number of rotatable bonds is 2. The van der Waals surface area contributed by atoms with Gasteiger partial charge in [0.25, 0.3) is 0 Å². The zero-order valence-corrected chi connectivity index (χ0v) is 6.96. The van der Waals surface area contributed by atoms with Crippen LogP contribution in [0.5, 0.6) is 0 Å². The summed E-state index contributed by atoms with van der Waals surface area (Å²) in [5.41, 5.74) is 6.45. The lowest BCUT2D eigenvalue weighted by molar-refractivity contribution is 0.685. The molecule has 66 valence electrons. The summed E-state index contributed by atoms with van der Waals surface area (Å²) in [4.78, 5) is 7.82. The molecular formula is C8H9N5. The number of anilines is 1. The van der Waals surface area contributed by atoms with Crippen LogP contribution in [0.15, 0.2) is 30.9 Å². The van der Waals surface area contributed by atoms with E-state index in [1.54, 1.807) is 23.4 Å². The fraction of sp³-hybridized carbons (Fsp3) is 0.125. The van der Waals surface area contributed by atoms with Gasteiger partial charge in [-0.2, -0.15) is 0 Å². The van der Waals surface area contributed by atoms with Crippen molar-refractivity contribution in [2.45, 2.75) is 6.54 Å². The molecule has 2 rings (SSSR count). The minimum atomic E-state index is 0.295. The Labute approximate surface area is 75.2 Å². The van der Waals surface area contributed by atoms with Gasteiger partial charge < -0.3 is 5.73 Å². The number of hydrogen-bond acceptors (Lipinski definition) is 4. The molecule has 2 N–H and O–H groups in total. The predicted molar refractivity (Wildman–Crippen MR) is 47.8 cm³/mol. The fourth-order valence-electron chi connectivity index (χ4n) is 1.06. The zero-order chi connectivity index (χ0) is 9.10. The molecule has 5 nitrogen and oxygen atoms in total. The maximum atomic E-state index is 5.37. The zero-order valence-electron chi connectivity index (χ0n) is 6.96. The molecule has 2 aromatic rings. The lowest BCUT2D eigenvalue weighted by Crippen LogP contribution is -2.01. The van der Waals surface area contributed by atoms with Gasteiger partial charge in [0, 0.05) is 12.4 Å². The summed E-state index contributed by atoms with van der Waals surface area (Å²) in [6, 6.07) is 3.86. The van der Waals surface area contributed by atoms with Gasteiger partial charge in [0.15, 0.2) is 0 Å². The molecule has 13 heavy (non-hydrogen) atoms. The van der Waals surface area contributed by atoms with E-state index < -0.39 is 0 Å². The fourth-order valence-corrected chi connectivity index (χ4v) is 1.06. The third kappa shape index (κ3) is 1.81. The van der Waals surface area contributed by atoms with Crippen LogP contribution in [0.3, 0.4) is 0 Å². The van der Waals surface area contributed by atoms with Gasteiger partial charge in [-0.25, -0.2) is 9.67 Å². The summed E-state index contributed by atoms with van der Waals surface area (Å²) in [6.07, 6.45) is 5.12. The van der Waals surface area contributed by atoms with Crippen molar-refractivity contribution in [3.05, 3.63) is 36.4 Å². The van der Waals surface area contributed by atoms with Crippen molar-refractivity contribution in [3.63, 3.8) is 0 Å². The van der Waals surface area contributed by atoms with E-state index in [0.717, 1.165) is 5.56 Å². The van der Waals surface area contributed by atoms with Crippen LogP contribution in [-0.4, -0.2) is 19.7 Å². The quantitative estimate of drug-likeness (QED) is 0.712. The Morgan fingerprint density at radius 3 is 3.00 bits per heavy atom. The molecule has 0 aliphatic carbocycles. The van der Waals surface area contributed by atoms with Crippen LogP contribution in [0.4, 0.5) is 5.95 Å². The van der Waals surface area contributed by atoms with E-state index in [2.05, 4.69) is 15.1 Å². The average molecular weight is 175 g/mol. The van der Waals surface area contributed by atoms with Crippen LogP contribution in [0.25, 0.3) is 0 Å². The van der Waals surface area contributed by atoms with Crippen molar-refractivity contribution in [2.75, 3.05) is 5.73 Å². The first-order chi connectivity index (χ1) is 6.34. The summed E-state index contributed by atoms with van der Waals surface area (Å²) in [5.74, 6) is 0.295. The molecule has 0 spiro atoms. The normalized spacial score (nSPS) is 10.2. The first-order valence-electron chi connectivity index (χ1n) is 3.88. The van der Waals surface area contributed by atoms with E-state index in [9.17, 15) is 0 Å². The molecule has 0 aliphatic heterocycles. The number of nitrogens with two attached hydrogens (primary N) is 1. The highest BCUT2D eigenvalue weighted by Gasteiger charge is 1.96. The third-order valence-corrected chi connectivity index (χ3v) is 1.62. The third-order valence-electron chi connectivity index (χ3n) is 1.62. The van der Waals surface area contributed by atoms with Crippen molar-refractivity contribution >= 4 is 5.95 Å². The second-order valence-electron chi connectivity index (χ2n) is 2.66. The van der Waals surface area contributed by atoms with E-state index in [1.165, 1.54) is 0 Å². The minimum Gasteiger partial charge on any atom is -0.367 e. The van der Waals surface area contributed by atoms with Gasteiger partial charge in [0.1, 0.15) is 6.33 Å². The lowest BCUT2D eigenvalue weighted by atomic mass is 10.3. The summed E-state index contributed by atoms with van der Waals surface area (Å²) in [5, 5.41) is 3.96. The molecule has 2 heterocycles. The number of aromatic nitrogens is 4. The standard InChI is InChI=1S/C8H9N5/c9-8-11-6-13(12-8)5-7-2-1-3-10-4-7/h1-4,6H,5H2,(H2,9,12). The summed E-state index contributed by atoms with van der Waals surface area (Å²) >= 11 is 0. The van der Waals surface area contributed by atoms with Crippen LogP contribution in [0, 0.1) is 0 Å². The molecule has 0 aliphatic rings. The van der Waals surface area contributed by atoms with Crippen molar-refractivity contribution < 1.29 is 0 Å². The Hall–Kier alpha value is -1.91. The average Bonchev–Trinajstić information content (AvgIpc) is 2.53. The number of nitrogens with zero attached hydrogens (tertiary/aromatic N) is 4. The Balaban J connectivity index is 2.15. The number of pyridine rings is 1. The molecule has 0 bridgehead atoms. The molecule has 0 radical (unpaired) electrons. The van der Waals surface area contributed by atoms with Crippen LogP contribution >= 0.6 is 0 Å². The Bertz CT molecular complexity index is 380. The second-order valence-corrected chi connectivity index (χ2v) is 2.66. The smallest absolute Gasteiger partial charge is 0.239 e. The SMILES string of the molecule is Nc1ncn(Cc2cccnc2)n1. The molecule has 0 unspecified atom stereocenters. The van der Waals surface area contributed by atoms with Crippen LogP contribution < -0.4 is 5.73 Å². The Morgan fingerprint density at radius 2 is 2.38 bits per heavy atom. The monoisotopic (exact) mass is 175 g/mol. The first-order valence-corrected chi connectivity index (χ1v) is 3.88. The number of nitrogen functional groups attached to an aromatic ring is 1. The molecule has 0 saturated heterocycles. The molecule has 0 fully saturated rings. The van der Waals surface area contributed by atoms with Gasteiger partial charge in [-0.3, -0.25) is 4.98 Å². The van der Waals surface area contributed by atoms with Crippen LogP contribution in [0.2, 0.25) is 0 Å². The summed E-state index contributed by atoms with van der Waals surface area (Å²) in [6.45, 7) is 0.651. The maximum Gasteiger partial charge on any atom is 0.239 e. The molecule has 0 amide bonds. The Morgan fingerprint density at radius 1 is 1.46 bits per heavy atom. The minimum absolute atomic E-state index is 0.295. The predicted octanol–water partition coefficient (Wildman–Crippen LogP) is 0.304. The molecule has 5 heteroatoms. The highest BCUT2D eigenvalue weighted by molar-refractivity contribution is 5.12. The molecular weight excluding hydrogens is 166 g/mol. The molecule has 2 aromatic heterocycles. The van der Waals surface area contributed by atoms with Gasteiger partial charge in [-0.05, 0) is 11.6 Å². The maximum absolute atomic E-state index is 5.37. The molecule has 0 saturated carbocycles. The van der Waals surface area contributed by atoms with E-state index in [4.69, 9.17) is 5.73 Å². The largest absolute Gasteiger partial charge is 0.367 e. The van der Waals surface area contributed by atoms with Gasteiger partial charge in [-0.15, -0.1) is 5.10 Å². The van der Waals surface area contributed by atoms with Gasteiger partial charge in [0.05, 0.1) is 6.54 Å². The summed E-state index contributed by atoms with van der Waals surface area (Å²) in [7, 11) is 0. The van der Waals surface area contributed by atoms with Crippen LogP contribution in [0.1, 0.15) is 5.56 Å². The Kier molecular flexibility index (Phi) is 1.91. The van der Waals surface area contributed by atoms with E-state index in [1.807, 2.05) is 12.1 Å². The highest BCUT2D eigenvalue weighted by Crippen LogP contribution is 1.99. The van der Waals surface area contributed by atoms with Gasteiger partial charge >= 0.3 is 0 Å². The van der Waals surface area contributed by atoms with E-state index >= 15 is 0 Å². The second kappa shape index (κ2) is 3.22. The van der Waals surface area contributed by atoms with Gasteiger partial charge in [-0.1, -0.05) is 6.07 Å². The van der Waals surface area contributed by atoms with Crippen LogP contribution in [-0.2, 0) is 6.54 Å². The summed E-state index contributed by atoms with van der Waals surface area (Å²) < 4.78 is 1.67. The van der Waals surface area contributed by atoms with Crippen molar-refractivity contribution in [2.24, 2.45) is 0 Å². The first kappa shape index (κ1) is 7.72. The van der Waals surface area contributed by atoms with Crippen molar-refractivity contribution in [1.29, 1.82) is 0 Å². The topological polar surface area (TPSA) is 69.6 Å². The molecule has 0 aromatic carbocycles. The van der Waals surface area contributed by atoms with Crippen molar-refractivity contribution in [3.8, 4) is 0 Å². The van der Waals surface area contributed by atoms with E-state index in [0.29, 0.717) is 12.5 Å². The van der Waals surface area contributed by atoms with E-state index in [-0.39, 0.29) is 0 Å². The van der Waals surface area contributed by atoms with Crippen molar-refractivity contribution in [1.82, 2.24) is 19.7 Å². The lowest BCUT2D eigenvalue weighted by Gasteiger charge is -1.98. The number of hydrogen-bond donors (Lipinski definition) is 1. The highest BCUT2D eigenvalue weighted by atomic mass is 15.4. The van der Waals surface area contributed by atoms with Gasteiger partial charge in [0.2, 0.25) is 5.95 Å². The molecule has 0 atom stereocenters.